The van der Waals surface area contributed by atoms with Crippen molar-refractivity contribution in [2.75, 3.05) is 13.2 Å². The summed E-state index contributed by atoms with van der Waals surface area (Å²) in [4.78, 5) is 0. The van der Waals surface area contributed by atoms with Gasteiger partial charge in [-0.2, -0.15) is 0 Å². The molecule has 3 heteroatoms. The summed E-state index contributed by atoms with van der Waals surface area (Å²) >= 11 is 0. The van der Waals surface area contributed by atoms with E-state index in [1.165, 1.54) is 0 Å². The molecule has 1 heterocycles. The van der Waals surface area contributed by atoms with Gasteiger partial charge in [-0.05, 0) is 5.92 Å². The molecule has 4 atom stereocenters. The van der Waals surface area contributed by atoms with Crippen molar-refractivity contribution in [3.8, 4) is 0 Å². The lowest BCUT2D eigenvalue weighted by atomic mass is 9.84. The van der Waals surface area contributed by atoms with E-state index >= 15 is 0 Å². The van der Waals surface area contributed by atoms with Crippen LogP contribution < -0.4 is 0 Å². The molecule has 0 aromatic heterocycles. The zero-order valence-electron chi connectivity index (χ0n) is 8.44. The number of ether oxygens (including phenoxy) is 1. The third kappa shape index (κ3) is 2.66. The van der Waals surface area contributed by atoms with E-state index in [0.717, 1.165) is 6.42 Å². The predicted molar refractivity (Wildman–Crippen MR) is 50.4 cm³/mol. The molecule has 1 fully saturated rings. The second-order valence-electron chi connectivity index (χ2n) is 3.99. The number of hydrogen-bond donors (Lipinski definition) is 2. The molecule has 0 aromatic rings. The maximum atomic E-state index is 9.78. The van der Waals surface area contributed by atoms with Gasteiger partial charge in [0.15, 0.2) is 0 Å². The van der Waals surface area contributed by atoms with Gasteiger partial charge in [0.1, 0.15) is 0 Å². The van der Waals surface area contributed by atoms with E-state index in [4.69, 9.17) is 9.84 Å². The summed E-state index contributed by atoms with van der Waals surface area (Å²) in [6, 6.07) is 0. The smallest absolute Gasteiger partial charge is 0.0830 e. The Hall–Kier alpha value is -0.120. The second-order valence-corrected chi connectivity index (χ2v) is 3.99. The van der Waals surface area contributed by atoms with Crippen LogP contribution in [-0.2, 0) is 4.74 Å². The molecular weight excluding hydrogens is 168 g/mol. The highest BCUT2D eigenvalue weighted by atomic mass is 16.5. The first kappa shape index (κ1) is 11.0. The highest BCUT2D eigenvalue weighted by Gasteiger charge is 2.32. The van der Waals surface area contributed by atoms with E-state index in [0.29, 0.717) is 18.9 Å². The van der Waals surface area contributed by atoms with Crippen molar-refractivity contribution in [3.63, 3.8) is 0 Å². The van der Waals surface area contributed by atoms with Gasteiger partial charge in [0.25, 0.3) is 0 Å². The number of aliphatic hydroxyl groups is 2. The van der Waals surface area contributed by atoms with Gasteiger partial charge in [-0.15, -0.1) is 0 Å². The maximum absolute atomic E-state index is 9.78. The molecule has 3 nitrogen and oxygen atoms in total. The van der Waals surface area contributed by atoms with E-state index in [9.17, 15) is 5.11 Å². The van der Waals surface area contributed by atoms with Crippen LogP contribution in [0.25, 0.3) is 0 Å². The molecule has 0 amide bonds. The van der Waals surface area contributed by atoms with Gasteiger partial charge in [0.05, 0.1) is 25.4 Å². The fourth-order valence-corrected chi connectivity index (χ4v) is 1.84. The SMILES string of the molecule is CCC(C)C1COC(CO)CC1O. The lowest BCUT2D eigenvalue weighted by Crippen LogP contribution is -2.41. The Labute approximate surface area is 79.7 Å². The molecule has 0 bridgehead atoms. The Morgan fingerprint density at radius 1 is 1.54 bits per heavy atom. The average Bonchev–Trinajstić information content (AvgIpc) is 2.16. The zero-order chi connectivity index (χ0) is 9.84. The number of hydrogen-bond acceptors (Lipinski definition) is 3. The minimum absolute atomic E-state index is 0.0181. The Balaban J connectivity index is 2.43. The van der Waals surface area contributed by atoms with Crippen LogP contribution in [0.2, 0.25) is 0 Å². The van der Waals surface area contributed by atoms with Crippen LogP contribution in [0.5, 0.6) is 0 Å². The van der Waals surface area contributed by atoms with Crippen LogP contribution >= 0.6 is 0 Å². The lowest BCUT2D eigenvalue weighted by molar-refractivity contribution is -0.112. The fraction of sp³-hybridized carbons (Fsp3) is 1.00. The van der Waals surface area contributed by atoms with Gasteiger partial charge in [0.2, 0.25) is 0 Å². The summed E-state index contributed by atoms with van der Waals surface area (Å²) < 4.78 is 5.42. The van der Waals surface area contributed by atoms with Gasteiger partial charge in [0, 0.05) is 12.3 Å². The van der Waals surface area contributed by atoms with E-state index in [1.807, 2.05) is 0 Å². The van der Waals surface area contributed by atoms with Gasteiger partial charge in [-0.3, -0.25) is 0 Å². The number of aliphatic hydroxyl groups excluding tert-OH is 2. The molecule has 0 aliphatic carbocycles. The number of rotatable bonds is 3. The lowest BCUT2D eigenvalue weighted by Gasteiger charge is -2.35. The van der Waals surface area contributed by atoms with Crippen LogP contribution in [0.4, 0.5) is 0 Å². The van der Waals surface area contributed by atoms with Crippen LogP contribution in [-0.4, -0.2) is 35.6 Å². The van der Waals surface area contributed by atoms with E-state index in [2.05, 4.69) is 13.8 Å². The molecule has 0 saturated carbocycles. The van der Waals surface area contributed by atoms with E-state index < -0.39 is 0 Å². The minimum Gasteiger partial charge on any atom is -0.394 e. The first-order valence-corrected chi connectivity index (χ1v) is 5.09. The van der Waals surface area contributed by atoms with Crippen LogP contribution in [0.3, 0.4) is 0 Å². The summed E-state index contributed by atoms with van der Waals surface area (Å²) in [7, 11) is 0. The van der Waals surface area contributed by atoms with Crippen LogP contribution in [0.15, 0.2) is 0 Å². The van der Waals surface area contributed by atoms with Crippen molar-refractivity contribution in [3.05, 3.63) is 0 Å². The van der Waals surface area contributed by atoms with Crippen molar-refractivity contribution in [1.29, 1.82) is 0 Å². The molecule has 2 N–H and O–H groups in total. The molecular formula is C10H20O3. The minimum atomic E-state index is -0.305. The topological polar surface area (TPSA) is 49.7 Å². The molecule has 0 spiro atoms. The highest BCUT2D eigenvalue weighted by Crippen LogP contribution is 2.27. The summed E-state index contributed by atoms with van der Waals surface area (Å²) in [5, 5.41) is 18.6. The normalized spacial score (nSPS) is 37.4. The largest absolute Gasteiger partial charge is 0.394 e. The first-order chi connectivity index (χ1) is 6.19. The molecule has 0 aromatic carbocycles. The Morgan fingerprint density at radius 2 is 2.23 bits per heavy atom. The molecule has 1 aliphatic rings. The zero-order valence-corrected chi connectivity index (χ0v) is 8.44. The quantitative estimate of drug-likeness (QED) is 0.688. The third-order valence-corrected chi connectivity index (χ3v) is 3.10. The van der Waals surface area contributed by atoms with Crippen LogP contribution in [0.1, 0.15) is 26.7 Å². The predicted octanol–water partition coefficient (Wildman–Crippen LogP) is 0.791. The van der Waals surface area contributed by atoms with Gasteiger partial charge in [-0.1, -0.05) is 20.3 Å². The Morgan fingerprint density at radius 3 is 2.69 bits per heavy atom. The van der Waals surface area contributed by atoms with E-state index in [-0.39, 0.29) is 24.7 Å². The van der Waals surface area contributed by atoms with Crippen molar-refractivity contribution in [1.82, 2.24) is 0 Å². The monoisotopic (exact) mass is 188 g/mol. The summed E-state index contributed by atoms with van der Waals surface area (Å²) in [6.07, 6.45) is 1.18. The molecule has 1 aliphatic heterocycles. The summed E-state index contributed by atoms with van der Waals surface area (Å²) in [6.45, 7) is 4.86. The molecule has 13 heavy (non-hydrogen) atoms. The maximum Gasteiger partial charge on any atom is 0.0830 e. The van der Waals surface area contributed by atoms with E-state index in [1.54, 1.807) is 0 Å². The summed E-state index contributed by atoms with van der Waals surface area (Å²) in [5.41, 5.74) is 0. The van der Waals surface area contributed by atoms with Crippen molar-refractivity contribution in [2.24, 2.45) is 11.8 Å². The fourth-order valence-electron chi connectivity index (χ4n) is 1.84. The van der Waals surface area contributed by atoms with Gasteiger partial charge in [-0.25, -0.2) is 0 Å². The molecule has 78 valence electrons. The van der Waals surface area contributed by atoms with Crippen molar-refractivity contribution < 1.29 is 14.9 Å². The highest BCUT2D eigenvalue weighted by molar-refractivity contribution is 4.80. The second kappa shape index (κ2) is 4.94. The third-order valence-electron chi connectivity index (χ3n) is 3.10. The molecule has 1 rings (SSSR count). The van der Waals surface area contributed by atoms with Crippen molar-refractivity contribution >= 4 is 0 Å². The van der Waals surface area contributed by atoms with Crippen LogP contribution in [0, 0.1) is 11.8 Å². The standard InChI is InChI=1S/C10H20O3/c1-3-7(2)9-6-13-8(5-11)4-10(9)12/h7-12H,3-6H2,1-2H3. The first-order valence-electron chi connectivity index (χ1n) is 5.09. The molecule has 0 radical (unpaired) electrons. The molecule has 1 saturated heterocycles. The van der Waals surface area contributed by atoms with Gasteiger partial charge >= 0.3 is 0 Å². The Bertz CT molecular complexity index is 149. The van der Waals surface area contributed by atoms with Crippen molar-refractivity contribution in [2.45, 2.75) is 38.9 Å². The Kier molecular flexibility index (Phi) is 4.16. The summed E-state index contributed by atoms with van der Waals surface area (Å²) in [5.74, 6) is 0.738. The molecule has 4 unspecified atom stereocenters. The van der Waals surface area contributed by atoms with Gasteiger partial charge < -0.3 is 14.9 Å². The average molecular weight is 188 g/mol.